The summed E-state index contributed by atoms with van der Waals surface area (Å²) in [7, 11) is 0. The molecule has 0 saturated carbocycles. The van der Waals surface area contributed by atoms with E-state index in [2.05, 4.69) is 0 Å². The maximum atomic E-state index is 13.2. The van der Waals surface area contributed by atoms with Gasteiger partial charge in [0.05, 0.1) is 18.3 Å². The molecule has 19 heavy (non-hydrogen) atoms. The number of ether oxygens (including phenoxy) is 1. The Labute approximate surface area is 109 Å². The molecule has 0 aliphatic carbocycles. The van der Waals surface area contributed by atoms with Crippen LogP contribution in [0.15, 0.2) is 18.2 Å². The molecule has 1 aromatic rings. The Morgan fingerprint density at radius 2 is 2.05 bits per heavy atom. The van der Waals surface area contributed by atoms with Crippen molar-refractivity contribution in [2.45, 2.75) is 25.7 Å². The molecule has 0 radical (unpaired) electrons. The first kappa shape index (κ1) is 14.3. The van der Waals surface area contributed by atoms with E-state index in [-0.39, 0.29) is 6.10 Å². The summed E-state index contributed by atoms with van der Waals surface area (Å²) in [5, 5.41) is 0. The van der Waals surface area contributed by atoms with Gasteiger partial charge in [-0.1, -0.05) is 0 Å². The van der Waals surface area contributed by atoms with E-state index in [1.165, 1.54) is 0 Å². The van der Waals surface area contributed by atoms with Gasteiger partial charge in [-0.2, -0.15) is 13.2 Å². The van der Waals surface area contributed by atoms with E-state index in [0.717, 1.165) is 12.1 Å². The molecule has 0 spiro atoms. The van der Waals surface area contributed by atoms with Crippen molar-refractivity contribution in [3.63, 3.8) is 0 Å². The molecule has 1 unspecified atom stereocenters. The maximum absolute atomic E-state index is 13.2. The third kappa shape index (κ3) is 3.91. The van der Waals surface area contributed by atoms with E-state index in [9.17, 15) is 17.6 Å². The standard InChI is InChI=1S/C13H15F4NO/c1-9-7-18(2-3-19-9)8-10-4-11(13(15,16)17)6-12(14)5-10/h4-6,9H,2-3,7-8H2,1H3. The van der Waals surface area contributed by atoms with Crippen LogP contribution in [0.25, 0.3) is 0 Å². The number of morpholine rings is 1. The lowest BCUT2D eigenvalue weighted by molar-refractivity contribution is -0.137. The summed E-state index contributed by atoms with van der Waals surface area (Å²) >= 11 is 0. The van der Waals surface area contributed by atoms with Crippen LogP contribution < -0.4 is 0 Å². The number of halogens is 4. The average Bonchev–Trinajstić information content (AvgIpc) is 2.26. The molecular formula is C13H15F4NO. The molecule has 0 aromatic heterocycles. The number of hydrogen-bond donors (Lipinski definition) is 0. The van der Waals surface area contributed by atoms with E-state index in [0.29, 0.717) is 37.9 Å². The summed E-state index contributed by atoms with van der Waals surface area (Å²) in [6, 6.07) is 2.67. The van der Waals surface area contributed by atoms with Crippen molar-refractivity contribution in [1.29, 1.82) is 0 Å². The van der Waals surface area contributed by atoms with Crippen molar-refractivity contribution in [1.82, 2.24) is 4.90 Å². The van der Waals surface area contributed by atoms with E-state index in [1.54, 1.807) is 0 Å². The van der Waals surface area contributed by atoms with Crippen LogP contribution >= 0.6 is 0 Å². The van der Waals surface area contributed by atoms with Crippen LogP contribution in [0, 0.1) is 5.82 Å². The molecular weight excluding hydrogens is 262 g/mol. The highest BCUT2D eigenvalue weighted by molar-refractivity contribution is 5.26. The Bertz CT molecular complexity index is 447. The predicted octanol–water partition coefficient (Wildman–Crippen LogP) is 3.07. The quantitative estimate of drug-likeness (QED) is 0.770. The molecule has 1 aromatic carbocycles. The van der Waals surface area contributed by atoms with E-state index < -0.39 is 17.6 Å². The molecule has 2 nitrogen and oxygen atoms in total. The van der Waals surface area contributed by atoms with Gasteiger partial charge < -0.3 is 4.74 Å². The Kier molecular flexibility index (Phi) is 4.10. The summed E-state index contributed by atoms with van der Waals surface area (Å²) in [5.74, 6) is -0.855. The lowest BCUT2D eigenvalue weighted by atomic mass is 10.1. The molecule has 106 valence electrons. The fourth-order valence-corrected chi connectivity index (χ4v) is 2.20. The molecule has 2 rings (SSSR count). The van der Waals surface area contributed by atoms with Gasteiger partial charge in [0.1, 0.15) is 5.82 Å². The Hall–Kier alpha value is -1.14. The van der Waals surface area contributed by atoms with Gasteiger partial charge in [0, 0.05) is 19.6 Å². The maximum Gasteiger partial charge on any atom is 0.416 e. The van der Waals surface area contributed by atoms with Crippen LogP contribution in [-0.2, 0) is 17.5 Å². The second kappa shape index (κ2) is 5.46. The van der Waals surface area contributed by atoms with Crippen LogP contribution in [0.5, 0.6) is 0 Å². The summed E-state index contributed by atoms with van der Waals surface area (Å²) in [6.07, 6.45) is -4.47. The minimum atomic E-state index is -4.52. The first-order valence-corrected chi connectivity index (χ1v) is 6.05. The van der Waals surface area contributed by atoms with Crippen LogP contribution in [0.4, 0.5) is 17.6 Å². The normalized spacial score (nSPS) is 21.6. The third-order valence-electron chi connectivity index (χ3n) is 3.02. The highest BCUT2D eigenvalue weighted by Crippen LogP contribution is 2.30. The molecule has 0 bridgehead atoms. The van der Waals surface area contributed by atoms with Crippen molar-refractivity contribution in [3.8, 4) is 0 Å². The lowest BCUT2D eigenvalue weighted by Gasteiger charge is -2.31. The van der Waals surface area contributed by atoms with Crippen molar-refractivity contribution in [2.24, 2.45) is 0 Å². The SMILES string of the molecule is CC1CN(Cc2cc(F)cc(C(F)(F)F)c2)CCO1. The number of rotatable bonds is 2. The van der Waals surface area contributed by atoms with Gasteiger partial charge in [-0.25, -0.2) is 4.39 Å². The first-order valence-electron chi connectivity index (χ1n) is 6.05. The molecule has 1 saturated heterocycles. The minimum Gasteiger partial charge on any atom is -0.376 e. The van der Waals surface area contributed by atoms with Gasteiger partial charge in [0.15, 0.2) is 0 Å². The fourth-order valence-electron chi connectivity index (χ4n) is 2.20. The Balaban J connectivity index is 2.14. The molecule has 1 atom stereocenters. The zero-order valence-corrected chi connectivity index (χ0v) is 10.5. The van der Waals surface area contributed by atoms with Crippen molar-refractivity contribution >= 4 is 0 Å². The van der Waals surface area contributed by atoms with Crippen molar-refractivity contribution in [3.05, 3.63) is 35.1 Å². The van der Waals surface area contributed by atoms with Crippen LogP contribution in [0.3, 0.4) is 0 Å². The van der Waals surface area contributed by atoms with Crippen molar-refractivity contribution in [2.75, 3.05) is 19.7 Å². The molecule has 1 fully saturated rings. The van der Waals surface area contributed by atoms with Crippen LogP contribution in [0.2, 0.25) is 0 Å². The monoisotopic (exact) mass is 277 g/mol. The molecule has 0 N–H and O–H groups in total. The highest BCUT2D eigenvalue weighted by Gasteiger charge is 2.31. The van der Waals surface area contributed by atoms with E-state index in [4.69, 9.17) is 4.74 Å². The number of hydrogen-bond acceptors (Lipinski definition) is 2. The minimum absolute atomic E-state index is 0.0457. The van der Waals surface area contributed by atoms with Gasteiger partial charge in [-0.05, 0) is 30.7 Å². The predicted molar refractivity (Wildman–Crippen MR) is 62.1 cm³/mol. The van der Waals surface area contributed by atoms with Crippen LogP contribution in [-0.4, -0.2) is 30.7 Å². The van der Waals surface area contributed by atoms with Gasteiger partial charge in [-0.3, -0.25) is 4.90 Å². The van der Waals surface area contributed by atoms with Gasteiger partial charge in [0.2, 0.25) is 0 Å². The lowest BCUT2D eigenvalue weighted by Crippen LogP contribution is -2.40. The number of alkyl halides is 3. The zero-order chi connectivity index (χ0) is 14.0. The second-order valence-electron chi connectivity index (χ2n) is 4.76. The summed E-state index contributed by atoms with van der Waals surface area (Å²) in [6.45, 7) is 4.02. The summed E-state index contributed by atoms with van der Waals surface area (Å²) in [4.78, 5) is 1.96. The molecule has 1 aliphatic heterocycles. The topological polar surface area (TPSA) is 12.5 Å². The highest BCUT2D eigenvalue weighted by atomic mass is 19.4. The van der Waals surface area contributed by atoms with Gasteiger partial charge in [-0.15, -0.1) is 0 Å². The molecule has 1 aliphatic rings. The number of benzene rings is 1. The number of nitrogens with zero attached hydrogens (tertiary/aromatic N) is 1. The van der Waals surface area contributed by atoms with E-state index in [1.807, 2.05) is 11.8 Å². The van der Waals surface area contributed by atoms with Crippen LogP contribution in [0.1, 0.15) is 18.1 Å². The second-order valence-corrected chi connectivity index (χ2v) is 4.76. The first-order chi connectivity index (χ1) is 8.84. The summed E-state index contributed by atoms with van der Waals surface area (Å²) < 4.78 is 56.4. The van der Waals surface area contributed by atoms with Crippen molar-refractivity contribution < 1.29 is 22.3 Å². The molecule has 0 amide bonds. The third-order valence-corrected chi connectivity index (χ3v) is 3.02. The van der Waals surface area contributed by atoms with E-state index >= 15 is 0 Å². The largest absolute Gasteiger partial charge is 0.416 e. The Morgan fingerprint density at radius 1 is 1.32 bits per heavy atom. The summed E-state index contributed by atoms with van der Waals surface area (Å²) in [5.41, 5.74) is -0.606. The van der Waals surface area contributed by atoms with Gasteiger partial charge >= 0.3 is 6.18 Å². The zero-order valence-electron chi connectivity index (χ0n) is 10.5. The average molecular weight is 277 g/mol. The Morgan fingerprint density at radius 3 is 2.68 bits per heavy atom. The smallest absolute Gasteiger partial charge is 0.376 e. The molecule has 1 heterocycles. The fraction of sp³-hybridized carbons (Fsp3) is 0.538. The molecule has 6 heteroatoms. The van der Waals surface area contributed by atoms with Gasteiger partial charge in [0.25, 0.3) is 0 Å².